The molecule has 0 saturated carbocycles. The molecule has 4 nitrogen and oxygen atoms in total. The molecule has 0 bridgehead atoms. The SMILES string of the molecule is c1ccc(-c2nc(-c3ccc4c(c3)sc3cc(-c5cccc6c5oc5ccccc56)ccc34)nc(-c3cccc4sc5ccccc5c34)n2)cc1. The van der Waals surface area contributed by atoms with Crippen molar-refractivity contribution in [3.63, 3.8) is 0 Å². The second kappa shape index (κ2) is 11.2. The summed E-state index contributed by atoms with van der Waals surface area (Å²) >= 11 is 3.60. The van der Waals surface area contributed by atoms with Gasteiger partial charge in [-0.15, -0.1) is 22.7 Å². The molecule has 0 aliphatic heterocycles. The minimum absolute atomic E-state index is 0.659. The Labute approximate surface area is 299 Å². The Balaban J connectivity index is 1.07. The summed E-state index contributed by atoms with van der Waals surface area (Å²) in [6, 6.07) is 53.2. The maximum atomic E-state index is 6.38. The molecule has 0 unspecified atom stereocenters. The summed E-state index contributed by atoms with van der Waals surface area (Å²) in [5.74, 6) is 1.99. The maximum Gasteiger partial charge on any atom is 0.164 e. The van der Waals surface area contributed by atoms with E-state index in [1.54, 1.807) is 22.7 Å². The first kappa shape index (κ1) is 28.6. The summed E-state index contributed by atoms with van der Waals surface area (Å²) < 4.78 is 11.3. The van der Waals surface area contributed by atoms with Gasteiger partial charge in [0.15, 0.2) is 17.5 Å². The van der Waals surface area contributed by atoms with Gasteiger partial charge in [0.05, 0.1) is 0 Å². The lowest BCUT2D eigenvalue weighted by molar-refractivity contribution is 0.670. The molecule has 0 amide bonds. The van der Waals surface area contributed by atoms with Gasteiger partial charge in [-0.05, 0) is 35.9 Å². The molecule has 4 heterocycles. The first-order valence-corrected chi connectivity index (χ1v) is 18.5. The third-order valence-corrected chi connectivity index (χ3v) is 12.0. The molecule has 0 saturated heterocycles. The monoisotopic (exact) mass is 687 g/mol. The summed E-state index contributed by atoms with van der Waals surface area (Å²) in [6.45, 7) is 0. The number of aromatic nitrogens is 3. The van der Waals surface area contributed by atoms with Crippen molar-refractivity contribution in [3.05, 3.63) is 152 Å². The number of para-hydroxylation sites is 2. The van der Waals surface area contributed by atoms with Crippen LogP contribution < -0.4 is 0 Å². The van der Waals surface area contributed by atoms with Gasteiger partial charge in [0.1, 0.15) is 11.2 Å². The molecule has 0 fully saturated rings. The van der Waals surface area contributed by atoms with Gasteiger partial charge < -0.3 is 4.42 Å². The van der Waals surface area contributed by atoms with Crippen LogP contribution in [0.3, 0.4) is 0 Å². The highest BCUT2D eigenvalue weighted by atomic mass is 32.1. The van der Waals surface area contributed by atoms with Crippen molar-refractivity contribution in [2.45, 2.75) is 0 Å². The molecule has 7 aromatic carbocycles. The molecule has 238 valence electrons. The fourth-order valence-electron chi connectivity index (χ4n) is 7.36. The third kappa shape index (κ3) is 4.54. The Kier molecular flexibility index (Phi) is 6.26. The molecule has 11 aromatic rings. The number of fused-ring (bicyclic) bond motifs is 9. The summed E-state index contributed by atoms with van der Waals surface area (Å²) in [7, 11) is 0. The van der Waals surface area contributed by atoms with Crippen LogP contribution in [0.15, 0.2) is 156 Å². The Morgan fingerprint density at radius 2 is 0.980 bits per heavy atom. The number of nitrogens with zero attached hydrogens (tertiary/aromatic N) is 3. The van der Waals surface area contributed by atoms with Crippen LogP contribution in [0.2, 0.25) is 0 Å². The molecule has 0 atom stereocenters. The summed E-state index contributed by atoms with van der Waals surface area (Å²) in [5, 5.41) is 7.14. The highest BCUT2D eigenvalue weighted by Crippen LogP contribution is 2.42. The molecular weight excluding hydrogens is 663 g/mol. The second-order valence-electron chi connectivity index (χ2n) is 12.8. The predicted molar refractivity (Wildman–Crippen MR) is 215 cm³/mol. The van der Waals surface area contributed by atoms with Gasteiger partial charge in [-0.25, -0.2) is 15.0 Å². The van der Waals surface area contributed by atoms with Crippen molar-refractivity contribution < 1.29 is 4.42 Å². The largest absolute Gasteiger partial charge is 0.455 e. The quantitative estimate of drug-likeness (QED) is 0.185. The molecule has 0 N–H and O–H groups in total. The molecule has 51 heavy (non-hydrogen) atoms. The molecule has 0 spiro atoms. The first-order chi connectivity index (χ1) is 25.2. The van der Waals surface area contributed by atoms with Crippen molar-refractivity contribution in [3.8, 4) is 45.3 Å². The van der Waals surface area contributed by atoms with Crippen molar-refractivity contribution in [2.75, 3.05) is 0 Å². The number of hydrogen-bond acceptors (Lipinski definition) is 6. The van der Waals surface area contributed by atoms with E-state index in [4.69, 9.17) is 19.4 Å². The van der Waals surface area contributed by atoms with Crippen LogP contribution >= 0.6 is 22.7 Å². The van der Waals surface area contributed by atoms with E-state index in [1.165, 1.54) is 40.3 Å². The Bertz CT molecular complexity index is 3160. The van der Waals surface area contributed by atoms with Crippen molar-refractivity contribution >= 4 is 85.0 Å². The van der Waals surface area contributed by atoms with E-state index >= 15 is 0 Å². The molecule has 0 radical (unpaired) electrons. The average Bonchev–Trinajstić information content (AvgIpc) is 3.88. The lowest BCUT2D eigenvalue weighted by atomic mass is 10.0. The Morgan fingerprint density at radius 1 is 0.373 bits per heavy atom. The van der Waals surface area contributed by atoms with Gasteiger partial charge in [-0.3, -0.25) is 0 Å². The summed E-state index contributed by atoms with van der Waals surface area (Å²) in [4.78, 5) is 15.3. The van der Waals surface area contributed by atoms with Gasteiger partial charge in [0.2, 0.25) is 0 Å². The van der Waals surface area contributed by atoms with Crippen LogP contribution in [0, 0.1) is 0 Å². The van der Waals surface area contributed by atoms with E-state index in [0.717, 1.165) is 49.8 Å². The zero-order valence-electron chi connectivity index (χ0n) is 27.0. The summed E-state index contributed by atoms with van der Waals surface area (Å²) in [5.41, 5.74) is 7.01. The number of benzene rings is 7. The van der Waals surface area contributed by atoms with Gasteiger partial charge >= 0.3 is 0 Å². The maximum absolute atomic E-state index is 6.38. The number of thiophene rings is 2. The number of hydrogen-bond donors (Lipinski definition) is 0. The van der Waals surface area contributed by atoms with Crippen LogP contribution in [-0.2, 0) is 0 Å². The minimum Gasteiger partial charge on any atom is -0.455 e. The van der Waals surface area contributed by atoms with Gasteiger partial charge in [0.25, 0.3) is 0 Å². The molecule has 11 rings (SSSR count). The normalized spacial score (nSPS) is 11.9. The van der Waals surface area contributed by atoms with E-state index in [1.807, 2.05) is 30.3 Å². The third-order valence-electron chi connectivity index (χ3n) is 9.76. The highest BCUT2D eigenvalue weighted by Gasteiger charge is 2.18. The molecule has 0 aliphatic carbocycles. The van der Waals surface area contributed by atoms with Gasteiger partial charge in [-0.1, -0.05) is 121 Å². The zero-order chi connectivity index (χ0) is 33.5. The van der Waals surface area contributed by atoms with Crippen LogP contribution in [0.5, 0.6) is 0 Å². The standard InChI is InChI=1S/C45H25N3OS2/c1-2-10-26(11-3-1)43-46-44(48-45(47-43)35-16-9-19-38-41(35)34-13-5-7-18-37(34)50-38)28-21-23-32-31-22-20-27(24-39(31)51-40(32)25-28)29-14-8-15-33-30-12-4-6-17-36(30)49-42(29)33/h1-25H. The van der Waals surface area contributed by atoms with Crippen molar-refractivity contribution in [1.82, 2.24) is 15.0 Å². The van der Waals surface area contributed by atoms with E-state index < -0.39 is 0 Å². The molecule has 6 heteroatoms. The first-order valence-electron chi connectivity index (χ1n) is 16.8. The van der Waals surface area contributed by atoms with Crippen molar-refractivity contribution in [1.29, 1.82) is 0 Å². The highest BCUT2D eigenvalue weighted by molar-refractivity contribution is 7.26. The van der Waals surface area contributed by atoms with E-state index in [0.29, 0.717) is 17.5 Å². The van der Waals surface area contributed by atoms with E-state index in [-0.39, 0.29) is 0 Å². The topological polar surface area (TPSA) is 51.8 Å². The lowest BCUT2D eigenvalue weighted by Crippen LogP contribution is -2.00. The fraction of sp³-hybridized carbons (Fsp3) is 0. The van der Waals surface area contributed by atoms with Gasteiger partial charge in [0, 0.05) is 73.4 Å². The second-order valence-corrected chi connectivity index (χ2v) is 14.9. The predicted octanol–water partition coefficient (Wildman–Crippen LogP) is 13.2. The zero-order valence-corrected chi connectivity index (χ0v) is 28.6. The minimum atomic E-state index is 0.659. The molecule has 4 aromatic heterocycles. The average molecular weight is 688 g/mol. The number of furan rings is 1. The fourth-order valence-corrected chi connectivity index (χ4v) is 9.68. The Hall–Kier alpha value is -6.21. The van der Waals surface area contributed by atoms with E-state index in [9.17, 15) is 0 Å². The number of rotatable bonds is 4. The van der Waals surface area contributed by atoms with Crippen molar-refractivity contribution in [2.24, 2.45) is 0 Å². The smallest absolute Gasteiger partial charge is 0.164 e. The van der Waals surface area contributed by atoms with Crippen LogP contribution in [0.25, 0.3) is 108 Å². The van der Waals surface area contributed by atoms with E-state index in [2.05, 4.69) is 121 Å². The van der Waals surface area contributed by atoms with Gasteiger partial charge in [-0.2, -0.15) is 0 Å². The van der Waals surface area contributed by atoms with Crippen LogP contribution in [0.1, 0.15) is 0 Å². The Morgan fingerprint density at radius 3 is 1.84 bits per heavy atom. The van der Waals surface area contributed by atoms with Crippen LogP contribution in [-0.4, -0.2) is 15.0 Å². The molecule has 0 aliphatic rings. The molecular formula is C45H25N3OS2. The van der Waals surface area contributed by atoms with Crippen LogP contribution in [0.4, 0.5) is 0 Å². The summed E-state index contributed by atoms with van der Waals surface area (Å²) in [6.07, 6.45) is 0. The lowest BCUT2D eigenvalue weighted by Gasteiger charge is -2.09.